The largest absolute Gasteiger partial charge is 0.352 e. The summed E-state index contributed by atoms with van der Waals surface area (Å²) in [5.41, 5.74) is 10.5. The molecule has 2 bridgehead atoms. The van der Waals surface area contributed by atoms with E-state index in [1.807, 2.05) is 0 Å². The summed E-state index contributed by atoms with van der Waals surface area (Å²) in [6.45, 7) is 6.52. The molecule has 0 aromatic carbocycles. The van der Waals surface area contributed by atoms with Gasteiger partial charge in [-0.1, -0.05) is 20.8 Å². The third-order valence-electron chi connectivity index (χ3n) is 5.46. The van der Waals surface area contributed by atoms with Crippen molar-refractivity contribution in [3.05, 3.63) is 0 Å². The fraction of sp³-hybridized carbons (Fsp3) is 0.833. The predicted octanol–water partition coefficient (Wildman–Crippen LogP) is 0.516. The molecule has 2 fully saturated rings. The molecule has 0 aromatic rings. The van der Waals surface area contributed by atoms with Gasteiger partial charge < -0.3 is 22.1 Å². The molecule has 6 nitrogen and oxygen atoms in total. The molecule has 0 radical (unpaired) electrons. The van der Waals surface area contributed by atoms with Crippen LogP contribution in [0.5, 0.6) is 0 Å². The molecule has 4 unspecified atom stereocenters. The van der Waals surface area contributed by atoms with Crippen molar-refractivity contribution < 1.29 is 9.59 Å². The number of carbonyl (C=O) groups is 2. The van der Waals surface area contributed by atoms with Gasteiger partial charge in [-0.2, -0.15) is 0 Å². The van der Waals surface area contributed by atoms with Crippen molar-refractivity contribution in [2.75, 3.05) is 0 Å². The maximum Gasteiger partial charge on any atom is 0.312 e. The van der Waals surface area contributed by atoms with Crippen molar-refractivity contribution in [1.82, 2.24) is 10.6 Å². The Kier molecular flexibility index (Phi) is 2.72. The Morgan fingerprint density at radius 3 is 2.17 bits per heavy atom. The van der Waals surface area contributed by atoms with Gasteiger partial charge in [-0.15, -0.1) is 0 Å². The highest BCUT2D eigenvalue weighted by atomic mass is 16.2. The molecule has 4 atom stereocenters. The van der Waals surface area contributed by atoms with Crippen LogP contribution in [0.3, 0.4) is 0 Å². The second kappa shape index (κ2) is 3.76. The molecule has 0 saturated heterocycles. The topological polar surface area (TPSA) is 110 Å². The van der Waals surface area contributed by atoms with Crippen LogP contribution in [0.2, 0.25) is 0 Å². The number of nitrogens with two attached hydrogens (primary N) is 2. The molecule has 0 spiro atoms. The first-order chi connectivity index (χ1) is 8.20. The molecular weight excluding hydrogens is 232 g/mol. The van der Waals surface area contributed by atoms with Crippen LogP contribution in [0.4, 0.5) is 9.59 Å². The number of urea groups is 2. The van der Waals surface area contributed by atoms with Crippen LogP contribution in [0.25, 0.3) is 0 Å². The van der Waals surface area contributed by atoms with Gasteiger partial charge in [0.05, 0.1) is 12.1 Å². The maximum absolute atomic E-state index is 11.2. The molecule has 2 aliphatic carbocycles. The monoisotopic (exact) mass is 254 g/mol. The Labute approximate surface area is 107 Å². The van der Waals surface area contributed by atoms with Crippen LogP contribution < -0.4 is 22.1 Å². The van der Waals surface area contributed by atoms with E-state index in [-0.39, 0.29) is 22.9 Å². The zero-order chi connectivity index (χ0) is 13.7. The van der Waals surface area contributed by atoms with E-state index in [1.165, 1.54) is 0 Å². The summed E-state index contributed by atoms with van der Waals surface area (Å²) in [4.78, 5) is 22.3. The smallest absolute Gasteiger partial charge is 0.312 e. The number of nitrogens with one attached hydrogen (secondary N) is 2. The average Bonchev–Trinajstić information content (AvgIpc) is 2.50. The SMILES string of the molecule is CC1(C)C2CCC1(C)C(NC(N)=O)C2NC(N)=O. The summed E-state index contributed by atoms with van der Waals surface area (Å²) in [6, 6.07) is -1.40. The van der Waals surface area contributed by atoms with E-state index in [0.717, 1.165) is 12.8 Å². The van der Waals surface area contributed by atoms with E-state index in [4.69, 9.17) is 11.5 Å². The maximum atomic E-state index is 11.2. The zero-order valence-corrected chi connectivity index (χ0v) is 11.1. The van der Waals surface area contributed by atoms with E-state index in [1.54, 1.807) is 0 Å². The zero-order valence-electron chi connectivity index (χ0n) is 11.1. The van der Waals surface area contributed by atoms with Crippen molar-refractivity contribution in [3.8, 4) is 0 Å². The summed E-state index contributed by atoms with van der Waals surface area (Å²) in [5, 5.41) is 5.57. The van der Waals surface area contributed by atoms with Gasteiger partial charge in [0, 0.05) is 0 Å². The van der Waals surface area contributed by atoms with Crippen molar-refractivity contribution in [3.63, 3.8) is 0 Å². The Hall–Kier alpha value is -1.46. The Morgan fingerprint density at radius 2 is 1.67 bits per heavy atom. The highest BCUT2D eigenvalue weighted by molar-refractivity contribution is 5.74. The molecule has 102 valence electrons. The van der Waals surface area contributed by atoms with Gasteiger partial charge in [-0.05, 0) is 29.6 Å². The van der Waals surface area contributed by atoms with E-state index in [0.29, 0.717) is 5.92 Å². The lowest BCUT2D eigenvalue weighted by Gasteiger charge is -2.40. The van der Waals surface area contributed by atoms with Crippen LogP contribution in [0, 0.1) is 16.7 Å². The number of amides is 4. The Bertz CT molecular complexity index is 396. The Balaban J connectivity index is 2.34. The van der Waals surface area contributed by atoms with Gasteiger partial charge in [-0.3, -0.25) is 0 Å². The molecule has 0 aromatic heterocycles. The second-order valence-electron chi connectivity index (χ2n) is 6.30. The first-order valence-corrected chi connectivity index (χ1v) is 6.32. The highest BCUT2D eigenvalue weighted by Gasteiger charge is 2.66. The molecule has 6 N–H and O–H groups in total. The van der Waals surface area contributed by atoms with Gasteiger partial charge in [-0.25, -0.2) is 9.59 Å². The van der Waals surface area contributed by atoms with E-state index in [9.17, 15) is 9.59 Å². The number of primary amides is 2. The number of hydrogen-bond acceptors (Lipinski definition) is 2. The normalized spacial score (nSPS) is 40.5. The van der Waals surface area contributed by atoms with E-state index in [2.05, 4.69) is 31.4 Å². The fourth-order valence-electron chi connectivity index (χ4n) is 4.13. The molecule has 18 heavy (non-hydrogen) atoms. The molecule has 4 amide bonds. The first kappa shape index (κ1) is 13.0. The minimum Gasteiger partial charge on any atom is -0.352 e. The minimum atomic E-state index is -0.555. The molecule has 2 saturated carbocycles. The van der Waals surface area contributed by atoms with Crippen molar-refractivity contribution in [2.45, 2.75) is 45.7 Å². The molecule has 2 rings (SSSR count). The summed E-state index contributed by atoms with van der Waals surface area (Å²) >= 11 is 0. The lowest BCUT2D eigenvalue weighted by atomic mass is 9.69. The van der Waals surface area contributed by atoms with Crippen molar-refractivity contribution >= 4 is 12.1 Å². The molecule has 0 heterocycles. The second-order valence-corrected chi connectivity index (χ2v) is 6.30. The van der Waals surface area contributed by atoms with Gasteiger partial charge >= 0.3 is 12.1 Å². The summed E-state index contributed by atoms with van der Waals surface area (Å²) < 4.78 is 0. The molecule has 2 aliphatic rings. The molecular formula is C12H22N4O2. The number of fused-ring (bicyclic) bond motifs is 2. The number of hydrogen-bond donors (Lipinski definition) is 4. The van der Waals surface area contributed by atoms with E-state index >= 15 is 0 Å². The quantitative estimate of drug-likeness (QED) is 0.576. The Morgan fingerprint density at radius 1 is 1.11 bits per heavy atom. The molecule has 0 aliphatic heterocycles. The van der Waals surface area contributed by atoms with Crippen molar-refractivity contribution in [1.29, 1.82) is 0 Å². The van der Waals surface area contributed by atoms with Crippen LogP contribution in [0.15, 0.2) is 0 Å². The fourth-order valence-corrected chi connectivity index (χ4v) is 4.13. The summed E-state index contributed by atoms with van der Waals surface area (Å²) in [5.74, 6) is 0.312. The first-order valence-electron chi connectivity index (χ1n) is 6.32. The lowest BCUT2D eigenvalue weighted by molar-refractivity contribution is 0.123. The van der Waals surface area contributed by atoms with Crippen LogP contribution in [0.1, 0.15) is 33.6 Å². The predicted molar refractivity (Wildman–Crippen MR) is 67.6 cm³/mol. The van der Waals surface area contributed by atoms with Crippen LogP contribution in [-0.2, 0) is 0 Å². The standard InChI is InChI=1S/C12H22N4O2/c1-11(2)6-4-5-12(11,3)8(16-10(14)18)7(6)15-9(13)17/h6-8H,4-5H2,1-3H3,(H3,13,15,17)(H3,14,16,18). The summed E-state index contributed by atoms with van der Waals surface area (Å²) in [6.07, 6.45) is 2.05. The lowest BCUT2D eigenvalue weighted by Crippen LogP contribution is -2.59. The highest BCUT2D eigenvalue weighted by Crippen LogP contribution is 2.65. The van der Waals surface area contributed by atoms with Gasteiger partial charge in [0.25, 0.3) is 0 Å². The third-order valence-corrected chi connectivity index (χ3v) is 5.46. The average molecular weight is 254 g/mol. The van der Waals surface area contributed by atoms with Gasteiger partial charge in [0.15, 0.2) is 0 Å². The minimum absolute atomic E-state index is 0.0350. The van der Waals surface area contributed by atoms with Crippen molar-refractivity contribution in [2.24, 2.45) is 28.2 Å². The molecule has 6 heteroatoms. The van der Waals surface area contributed by atoms with Crippen LogP contribution in [-0.4, -0.2) is 24.1 Å². The number of carbonyl (C=O) groups excluding carboxylic acids is 2. The van der Waals surface area contributed by atoms with Crippen LogP contribution >= 0.6 is 0 Å². The summed E-state index contributed by atoms with van der Waals surface area (Å²) in [7, 11) is 0. The third kappa shape index (κ3) is 1.54. The number of rotatable bonds is 2. The van der Waals surface area contributed by atoms with Gasteiger partial charge in [0.2, 0.25) is 0 Å². The van der Waals surface area contributed by atoms with Gasteiger partial charge in [0.1, 0.15) is 0 Å². The van der Waals surface area contributed by atoms with E-state index < -0.39 is 12.1 Å².